The third-order valence-corrected chi connectivity index (χ3v) is 16.6. The van der Waals surface area contributed by atoms with Crippen molar-refractivity contribution in [2.75, 3.05) is 14.7 Å². The monoisotopic (exact) mass is 1030 g/mol. The van der Waals surface area contributed by atoms with E-state index in [1.807, 2.05) is 6.07 Å². The van der Waals surface area contributed by atoms with Crippen LogP contribution in [0.25, 0.3) is 55.3 Å². The lowest BCUT2D eigenvalue weighted by Gasteiger charge is -2.45. The number of fused-ring (bicyclic) bond motifs is 7. The summed E-state index contributed by atoms with van der Waals surface area (Å²) in [6.07, 6.45) is 0. The van der Waals surface area contributed by atoms with Crippen molar-refractivity contribution < 1.29 is 4.42 Å². The molecular weight excluding hydrogens is 970 g/mol. The molecule has 3 heterocycles. The van der Waals surface area contributed by atoms with Gasteiger partial charge in [0.25, 0.3) is 6.71 Å². The highest BCUT2D eigenvalue weighted by Crippen LogP contribution is 2.48. The van der Waals surface area contributed by atoms with Crippen LogP contribution in [-0.4, -0.2) is 6.71 Å². The number of furan rings is 1. The first-order valence-corrected chi connectivity index (χ1v) is 28.1. The number of rotatable bonds is 8. The van der Waals surface area contributed by atoms with Crippen LogP contribution in [0, 0.1) is 6.92 Å². The Morgan fingerprint density at radius 3 is 1.48 bits per heavy atom. The summed E-state index contributed by atoms with van der Waals surface area (Å²) in [4.78, 5) is 7.50. The van der Waals surface area contributed by atoms with Gasteiger partial charge in [0.15, 0.2) is 0 Å². The molecule has 0 unspecified atom stereocenters. The predicted octanol–water partition coefficient (Wildman–Crippen LogP) is 19.0. The zero-order chi connectivity index (χ0) is 54.4. The molecule has 0 saturated carbocycles. The molecule has 12 aromatic rings. The number of anilines is 9. The predicted molar refractivity (Wildman–Crippen MR) is 341 cm³/mol. The minimum atomic E-state index is -0.0868. The fourth-order valence-electron chi connectivity index (χ4n) is 12.5. The van der Waals surface area contributed by atoms with E-state index >= 15 is 0 Å². The smallest absolute Gasteiger partial charge is 0.252 e. The molecule has 5 heteroatoms. The first-order valence-electron chi connectivity index (χ1n) is 28.1. The van der Waals surface area contributed by atoms with Crippen molar-refractivity contribution in [3.8, 4) is 33.4 Å². The molecule has 0 radical (unpaired) electrons. The van der Waals surface area contributed by atoms with E-state index in [0.29, 0.717) is 0 Å². The number of aryl methyl sites for hydroxylation is 1. The molecule has 0 aliphatic carbocycles. The average molecular weight is 1030 g/mol. The lowest BCUT2D eigenvalue weighted by Crippen LogP contribution is -2.61. The van der Waals surface area contributed by atoms with Crippen molar-refractivity contribution in [1.29, 1.82) is 0 Å². The fourth-order valence-corrected chi connectivity index (χ4v) is 12.5. The molecule has 2 aliphatic rings. The highest BCUT2D eigenvalue weighted by atomic mass is 16.3. The second-order valence-electron chi connectivity index (χ2n) is 23.9. The molecular formula is C75H62BN3O. The van der Waals surface area contributed by atoms with Gasteiger partial charge in [0.1, 0.15) is 11.2 Å². The number of para-hydroxylation sites is 1. The van der Waals surface area contributed by atoms with Crippen molar-refractivity contribution in [2.45, 2.75) is 59.3 Å². The minimum Gasteiger partial charge on any atom is -0.456 e. The van der Waals surface area contributed by atoms with E-state index in [1.165, 1.54) is 72.4 Å². The summed E-state index contributed by atoms with van der Waals surface area (Å²) in [5, 5.41) is 2.26. The standard InChI is InChI=1S/C75H62BN3O/c1-49-45-68-73-69(46-49)79(60-36-27-53(28-37-60)62-22-16-24-71-72(62)63-21-14-15-23-70(63)80-71)67-48-61(77(57-38-30-55(31-39-57)74(2,3)4)58-40-32-56(33-41-58)75(5,6)7)42-43-64(67)76(73)65-47-54(51-19-12-9-13-20-51)29-44-66(65)78(68)59-34-25-52(26-35-59)50-17-10-8-11-18-50/h8-48H,1-7H3. The molecule has 0 spiro atoms. The zero-order valence-corrected chi connectivity index (χ0v) is 46.5. The Labute approximate surface area is 470 Å². The maximum Gasteiger partial charge on any atom is 0.252 e. The quantitative estimate of drug-likeness (QED) is 0.142. The lowest BCUT2D eigenvalue weighted by atomic mass is 9.33. The number of hydrogen-bond donors (Lipinski definition) is 0. The molecule has 14 rings (SSSR count). The minimum absolute atomic E-state index is 0.0145. The summed E-state index contributed by atoms with van der Waals surface area (Å²) in [5.41, 5.74) is 26.7. The van der Waals surface area contributed by atoms with E-state index in [0.717, 1.165) is 67.2 Å². The topological polar surface area (TPSA) is 22.9 Å². The number of hydrogen-bond acceptors (Lipinski definition) is 4. The molecule has 0 N–H and O–H groups in total. The van der Waals surface area contributed by atoms with Crippen LogP contribution in [0.4, 0.5) is 51.2 Å². The normalized spacial score (nSPS) is 12.9. The molecule has 80 heavy (non-hydrogen) atoms. The SMILES string of the molecule is Cc1cc2c3c(c1)N(c1ccc(-c4cccc5oc6ccccc6c45)cc1)c1cc(N(c4ccc(C(C)(C)C)cc4)c4ccc(C(C)(C)C)cc4)ccc1B3c1cc(-c3ccccc3)ccc1N2c1ccc(-c2ccccc2)cc1. The van der Waals surface area contributed by atoms with Crippen LogP contribution in [0.15, 0.2) is 253 Å². The summed E-state index contributed by atoms with van der Waals surface area (Å²) >= 11 is 0. The van der Waals surface area contributed by atoms with Gasteiger partial charge >= 0.3 is 0 Å². The van der Waals surface area contributed by atoms with Gasteiger partial charge < -0.3 is 19.1 Å². The van der Waals surface area contributed by atoms with Crippen LogP contribution >= 0.6 is 0 Å². The van der Waals surface area contributed by atoms with Crippen LogP contribution in [0.2, 0.25) is 0 Å². The van der Waals surface area contributed by atoms with Gasteiger partial charge in [-0.2, -0.15) is 0 Å². The van der Waals surface area contributed by atoms with E-state index in [-0.39, 0.29) is 17.5 Å². The first-order chi connectivity index (χ1) is 38.8. The van der Waals surface area contributed by atoms with Gasteiger partial charge in [-0.1, -0.05) is 199 Å². The molecule has 0 fully saturated rings. The third kappa shape index (κ3) is 8.39. The summed E-state index contributed by atoms with van der Waals surface area (Å²) in [7, 11) is 0. The van der Waals surface area contributed by atoms with Gasteiger partial charge in [-0.25, -0.2) is 0 Å². The van der Waals surface area contributed by atoms with Crippen molar-refractivity contribution >= 4 is 96.2 Å². The number of nitrogens with zero attached hydrogens (tertiary/aromatic N) is 3. The second kappa shape index (κ2) is 19.0. The van der Waals surface area contributed by atoms with Gasteiger partial charge in [0.2, 0.25) is 0 Å². The van der Waals surface area contributed by atoms with Crippen molar-refractivity contribution in [1.82, 2.24) is 0 Å². The molecule has 0 atom stereocenters. The van der Waals surface area contributed by atoms with Gasteiger partial charge in [-0.3, -0.25) is 0 Å². The highest BCUT2D eigenvalue weighted by Gasteiger charge is 2.44. The average Bonchev–Trinajstić information content (AvgIpc) is 2.72. The van der Waals surface area contributed by atoms with Gasteiger partial charge in [0.05, 0.1) is 0 Å². The van der Waals surface area contributed by atoms with Crippen LogP contribution in [-0.2, 0) is 10.8 Å². The van der Waals surface area contributed by atoms with Gasteiger partial charge in [-0.05, 0) is 175 Å². The molecule has 1 aromatic heterocycles. The van der Waals surface area contributed by atoms with Gasteiger partial charge in [0, 0.05) is 62.0 Å². The van der Waals surface area contributed by atoms with Crippen LogP contribution in [0.5, 0.6) is 0 Å². The Kier molecular flexibility index (Phi) is 11.6. The molecule has 2 aliphatic heterocycles. The van der Waals surface area contributed by atoms with E-state index < -0.39 is 0 Å². The number of benzene rings is 11. The van der Waals surface area contributed by atoms with Crippen molar-refractivity contribution in [2.24, 2.45) is 0 Å². The van der Waals surface area contributed by atoms with Crippen molar-refractivity contribution in [3.05, 3.63) is 265 Å². The summed E-state index contributed by atoms with van der Waals surface area (Å²) < 4.78 is 6.40. The largest absolute Gasteiger partial charge is 0.456 e. The van der Waals surface area contributed by atoms with E-state index in [1.54, 1.807) is 0 Å². The zero-order valence-electron chi connectivity index (χ0n) is 46.5. The van der Waals surface area contributed by atoms with E-state index in [4.69, 9.17) is 4.42 Å². The van der Waals surface area contributed by atoms with Crippen LogP contribution in [0.3, 0.4) is 0 Å². The molecule has 0 amide bonds. The Balaban J connectivity index is 1.01. The highest BCUT2D eigenvalue weighted by molar-refractivity contribution is 7.00. The second-order valence-corrected chi connectivity index (χ2v) is 23.9. The Bertz CT molecular complexity index is 4250. The molecule has 0 bridgehead atoms. The first kappa shape index (κ1) is 49.0. The summed E-state index contributed by atoms with van der Waals surface area (Å²) in [5.74, 6) is 0. The van der Waals surface area contributed by atoms with Crippen LogP contribution in [0.1, 0.15) is 58.2 Å². The Morgan fingerprint density at radius 1 is 0.375 bits per heavy atom. The van der Waals surface area contributed by atoms with Crippen LogP contribution < -0.4 is 31.1 Å². The summed E-state index contributed by atoms with van der Waals surface area (Å²) in [6, 6.07) is 92.3. The Morgan fingerprint density at radius 2 is 0.875 bits per heavy atom. The molecule has 4 nitrogen and oxygen atoms in total. The van der Waals surface area contributed by atoms with Gasteiger partial charge in [-0.15, -0.1) is 0 Å². The molecule has 11 aromatic carbocycles. The maximum absolute atomic E-state index is 6.40. The maximum atomic E-state index is 6.40. The molecule has 0 saturated heterocycles. The Hall–Kier alpha value is -9.32. The van der Waals surface area contributed by atoms with E-state index in [9.17, 15) is 0 Å². The lowest BCUT2D eigenvalue weighted by molar-refractivity contribution is 0.590. The third-order valence-electron chi connectivity index (χ3n) is 16.6. The fraction of sp³-hybridized carbons (Fsp3) is 0.120. The summed E-state index contributed by atoms with van der Waals surface area (Å²) in [6.45, 7) is 15.9. The van der Waals surface area contributed by atoms with E-state index in [2.05, 4.69) is 306 Å². The molecule has 386 valence electrons. The van der Waals surface area contributed by atoms with Crippen molar-refractivity contribution in [3.63, 3.8) is 0 Å².